The fourth-order valence-electron chi connectivity index (χ4n) is 1.77. The molecule has 0 saturated heterocycles. The molecule has 100 valence electrons. The summed E-state index contributed by atoms with van der Waals surface area (Å²) in [5.74, 6) is 0.306. The van der Waals surface area contributed by atoms with Crippen LogP contribution in [-0.2, 0) is 10.1 Å². The van der Waals surface area contributed by atoms with Crippen LogP contribution >= 0.6 is 11.6 Å². The summed E-state index contributed by atoms with van der Waals surface area (Å²) in [5, 5.41) is 0.958. The van der Waals surface area contributed by atoms with Gasteiger partial charge in [0.25, 0.3) is 10.1 Å². The number of rotatable bonds is 3. The van der Waals surface area contributed by atoms with E-state index in [1.54, 1.807) is 24.3 Å². The standard InChI is InChI=1S/C12H11ClN2O3S/c13-7-12(14)15-10-5-1-4-9-8(10)3-2-6-11(9)19(16,17)18/h1-6H,7H2,(H2,14,15)(H,16,17,18). The van der Waals surface area contributed by atoms with E-state index in [2.05, 4.69) is 4.99 Å². The topological polar surface area (TPSA) is 92.8 Å². The number of benzene rings is 2. The second kappa shape index (κ2) is 5.16. The van der Waals surface area contributed by atoms with Crippen LogP contribution in [0.15, 0.2) is 46.3 Å². The van der Waals surface area contributed by atoms with Crippen LogP contribution in [0.3, 0.4) is 0 Å². The molecule has 0 amide bonds. The third kappa shape index (κ3) is 2.86. The second-order valence-corrected chi connectivity index (χ2v) is 5.50. The van der Waals surface area contributed by atoms with E-state index >= 15 is 0 Å². The van der Waals surface area contributed by atoms with E-state index in [1.807, 2.05) is 0 Å². The van der Waals surface area contributed by atoms with Crippen molar-refractivity contribution in [2.24, 2.45) is 10.7 Å². The van der Waals surface area contributed by atoms with Crippen LogP contribution in [0.5, 0.6) is 0 Å². The molecule has 0 spiro atoms. The van der Waals surface area contributed by atoms with Gasteiger partial charge in [0, 0.05) is 10.8 Å². The van der Waals surface area contributed by atoms with E-state index in [1.165, 1.54) is 12.1 Å². The summed E-state index contributed by atoms with van der Waals surface area (Å²) in [6.45, 7) is 0. The van der Waals surface area contributed by atoms with Crippen molar-refractivity contribution in [2.75, 3.05) is 5.88 Å². The maximum absolute atomic E-state index is 11.3. The number of hydrogen-bond donors (Lipinski definition) is 2. The summed E-state index contributed by atoms with van der Waals surface area (Å²) < 4.78 is 31.8. The maximum Gasteiger partial charge on any atom is 0.295 e. The van der Waals surface area contributed by atoms with Gasteiger partial charge in [-0.15, -0.1) is 11.6 Å². The van der Waals surface area contributed by atoms with Crippen LogP contribution in [0.4, 0.5) is 5.69 Å². The fourth-order valence-corrected chi connectivity index (χ4v) is 2.54. The molecule has 7 heteroatoms. The zero-order valence-electron chi connectivity index (χ0n) is 9.75. The first-order valence-corrected chi connectivity index (χ1v) is 7.29. The molecule has 0 unspecified atom stereocenters. The lowest BCUT2D eigenvalue weighted by atomic mass is 10.1. The lowest BCUT2D eigenvalue weighted by molar-refractivity contribution is 0.484. The van der Waals surface area contributed by atoms with Gasteiger partial charge in [-0.1, -0.05) is 24.3 Å². The van der Waals surface area contributed by atoms with Gasteiger partial charge in [-0.05, 0) is 12.1 Å². The van der Waals surface area contributed by atoms with E-state index in [4.69, 9.17) is 17.3 Å². The Hall–Kier alpha value is -1.63. The van der Waals surface area contributed by atoms with E-state index in [-0.39, 0.29) is 16.6 Å². The van der Waals surface area contributed by atoms with Gasteiger partial charge >= 0.3 is 0 Å². The average molecular weight is 299 g/mol. The number of nitrogens with two attached hydrogens (primary N) is 1. The zero-order chi connectivity index (χ0) is 14.0. The van der Waals surface area contributed by atoms with Gasteiger partial charge in [0.05, 0.1) is 11.6 Å². The van der Waals surface area contributed by atoms with Crippen LogP contribution in [0, 0.1) is 0 Å². The lowest BCUT2D eigenvalue weighted by Crippen LogP contribution is -2.12. The molecule has 0 aliphatic heterocycles. The predicted octanol–water partition coefficient (Wildman–Crippen LogP) is 2.31. The molecule has 0 atom stereocenters. The molecule has 5 nitrogen and oxygen atoms in total. The van der Waals surface area contributed by atoms with Crippen molar-refractivity contribution in [3.8, 4) is 0 Å². The maximum atomic E-state index is 11.3. The Bertz CT molecular complexity index is 757. The van der Waals surface area contributed by atoms with Gasteiger partial charge in [0.15, 0.2) is 0 Å². The molecule has 2 aromatic carbocycles. The van der Waals surface area contributed by atoms with Gasteiger partial charge in [-0.25, -0.2) is 4.99 Å². The molecule has 0 saturated carbocycles. The molecule has 0 fully saturated rings. The Morgan fingerprint density at radius 3 is 2.47 bits per heavy atom. The van der Waals surface area contributed by atoms with Gasteiger partial charge in [0.2, 0.25) is 0 Å². The predicted molar refractivity (Wildman–Crippen MR) is 75.8 cm³/mol. The minimum Gasteiger partial charge on any atom is -0.386 e. The van der Waals surface area contributed by atoms with Crippen LogP contribution in [0.25, 0.3) is 10.8 Å². The number of nitrogens with zero attached hydrogens (tertiary/aromatic N) is 1. The SMILES string of the molecule is NC(CCl)=Nc1cccc2c(S(=O)(=O)O)cccc12. The molecule has 0 radical (unpaired) electrons. The Balaban J connectivity index is 2.79. The average Bonchev–Trinajstić information content (AvgIpc) is 2.37. The number of aliphatic imine (C=N–C) groups is 1. The monoisotopic (exact) mass is 298 g/mol. The third-order valence-corrected chi connectivity index (χ3v) is 3.72. The third-order valence-electron chi connectivity index (χ3n) is 2.54. The van der Waals surface area contributed by atoms with Crippen molar-refractivity contribution in [1.29, 1.82) is 0 Å². The quantitative estimate of drug-likeness (QED) is 0.393. The van der Waals surface area contributed by atoms with Crippen molar-refractivity contribution in [3.05, 3.63) is 36.4 Å². The highest BCUT2D eigenvalue weighted by Crippen LogP contribution is 2.30. The van der Waals surface area contributed by atoms with Crippen molar-refractivity contribution in [3.63, 3.8) is 0 Å². The number of fused-ring (bicyclic) bond motifs is 1. The summed E-state index contributed by atoms with van der Waals surface area (Å²) in [5.41, 5.74) is 6.07. The van der Waals surface area contributed by atoms with E-state index in [0.29, 0.717) is 16.5 Å². The Morgan fingerprint density at radius 2 is 1.84 bits per heavy atom. The van der Waals surface area contributed by atoms with Gasteiger partial charge in [-0.2, -0.15) is 8.42 Å². The van der Waals surface area contributed by atoms with Crippen molar-refractivity contribution < 1.29 is 13.0 Å². The van der Waals surface area contributed by atoms with Crippen molar-refractivity contribution >= 4 is 44.0 Å². The first-order chi connectivity index (χ1) is 8.93. The number of amidine groups is 1. The molecule has 0 aliphatic carbocycles. The first kappa shape index (κ1) is 13.8. The van der Waals surface area contributed by atoms with E-state index < -0.39 is 10.1 Å². The van der Waals surface area contributed by atoms with Crippen LogP contribution in [0.1, 0.15) is 0 Å². The molecule has 19 heavy (non-hydrogen) atoms. The fraction of sp³-hybridized carbons (Fsp3) is 0.0833. The molecule has 2 aromatic rings. The largest absolute Gasteiger partial charge is 0.386 e. The highest BCUT2D eigenvalue weighted by atomic mass is 35.5. The molecular formula is C12H11ClN2O3S. The zero-order valence-corrected chi connectivity index (χ0v) is 11.3. The van der Waals surface area contributed by atoms with Crippen LogP contribution in [-0.4, -0.2) is 24.7 Å². The smallest absolute Gasteiger partial charge is 0.295 e. The Morgan fingerprint density at radius 1 is 1.21 bits per heavy atom. The summed E-state index contributed by atoms with van der Waals surface area (Å²) in [4.78, 5) is 3.95. The van der Waals surface area contributed by atoms with Crippen LogP contribution < -0.4 is 5.73 Å². The summed E-state index contributed by atoms with van der Waals surface area (Å²) in [7, 11) is -4.29. The van der Waals surface area contributed by atoms with E-state index in [0.717, 1.165) is 0 Å². The molecule has 0 bridgehead atoms. The minimum absolute atomic E-state index is 0.0778. The highest BCUT2D eigenvalue weighted by molar-refractivity contribution is 7.86. The second-order valence-electron chi connectivity index (χ2n) is 3.84. The van der Waals surface area contributed by atoms with Crippen LogP contribution in [0.2, 0.25) is 0 Å². The van der Waals surface area contributed by atoms with Gasteiger partial charge in [0.1, 0.15) is 10.7 Å². The lowest BCUT2D eigenvalue weighted by Gasteiger charge is -2.06. The van der Waals surface area contributed by atoms with E-state index in [9.17, 15) is 13.0 Å². The molecule has 3 N–H and O–H groups in total. The van der Waals surface area contributed by atoms with Crippen molar-refractivity contribution in [1.82, 2.24) is 0 Å². The minimum atomic E-state index is -4.29. The molecule has 0 aliphatic rings. The summed E-state index contributed by atoms with van der Waals surface area (Å²) in [6.07, 6.45) is 0. The Kier molecular flexibility index (Phi) is 3.75. The van der Waals surface area contributed by atoms with Gasteiger partial charge < -0.3 is 5.73 Å². The molecule has 0 aromatic heterocycles. The highest BCUT2D eigenvalue weighted by Gasteiger charge is 2.14. The summed E-state index contributed by atoms with van der Waals surface area (Å²) >= 11 is 5.57. The van der Waals surface area contributed by atoms with Crippen molar-refractivity contribution in [2.45, 2.75) is 4.90 Å². The van der Waals surface area contributed by atoms with Gasteiger partial charge in [-0.3, -0.25) is 4.55 Å². The number of halogens is 1. The number of alkyl halides is 1. The normalized spacial score (nSPS) is 12.8. The Labute approximate surface area is 115 Å². The molecular weight excluding hydrogens is 288 g/mol. The molecule has 2 rings (SSSR count). The first-order valence-electron chi connectivity index (χ1n) is 5.31. The molecule has 0 heterocycles. The number of hydrogen-bond acceptors (Lipinski definition) is 3. The summed E-state index contributed by atoms with van der Waals surface area (Å²) in [6, 6.07) is 9.48.